The first kappa shape index (κ1) is 22.1. The van der Waals surface area contributed by atoms with Crippen molar-refractivity contribution in [2.75, 3.05) is 6.61 Å². The zero-order valence-electron chi connectivity index (χ0n) is 15.7. The number of nitrogens with zero attached hydrogens (tertiary/aromatic N) is 2. The van der Waals surface area contributed by atoms with E-state index in [9.17, 15) is 32.7 Å². The summed E-state index contributed by atoms with van der Waals surface area (Å²) in [5.41, 5.74) is 2.23. The Labute approximate surface area is 173 Å². The summed E-state index contributed by atoms with van der Waals surface area (Å²) in [6, 6.07) is 0.576. The summed E-state index contributed by atoms with van der Waals surface area (Å²) in [4.78, 5) is 51.7. The van der Waals surface area contributed by atoms with E-state index in [0.29, 0.717) is 4.90 Å². The maximum absolute atomic E-state index is 13.2. The number of hydrogen-bond donors (Lipinski definition) is 5. The quantitative estimate of drug-likeness (QED) is 0.149. The molecule has 1 aromatic rings. The zero-order chi connectivity index (χ0) is 23.1. The van der Waals surface area contributed by atoms with E-state index >= 15 is 0 Å². The normalized spacial score (nSPS) is 27.3. The fraction of sp³-hybridized carbons (Fsp3) is 0.312. The Balaban J connectivity index is 2.03. The van der Waals surface area contributed by atoms with E-state index < -0.39 is 56.5 Å². The van der Waals surface area contributed by atoms with Gasteiger partial charge in [-0.3, -0.25) is 25.0 Å². The smallest absolute Gasteiger partial charge is 0.431 e. The van der Waals surface area contributed by atoms with E-state index in [1.54, 1.807) is 0 Å². The fourth-order valence-electron chi connectivity index (χ4n) is 3.53. The topological polar surface area (TPSA) is 213 Å². The third kappa shape index (κ3) is 3.28. The predicted molar refractivity (Wildman–Crippen MR) is 97.1 cm³/mol. The first-order valence-electron chi connectivity index (χ1n) is 8.47. The molecule has 1 aromatic heterocycles. The molecule has 3 atom stereocenters. The number of carbonyl (C=O) groups excluding carboxylic acids is 3. The molecule has 0 bridgehead atoms. The van der Waals surface area contributed by atoms with Crippen LogP contribution in [0, 0.1) is 0 Å². The van der Waals surface area contributed by atoms with Gasteiger partial charge in [0.2, 0.25) is 0 Å². The molecule has 15 heteroatoms. The van der Waals surface area contributed by atoms with Crippen molar-refractivity contribution < 1.29 is 47.9 Å². The van der Waals surface area contributed by atoms with E-state index in [1.165, 1.54) is 23.8 Å². The van der Waals surface area contributed by atoms with Gasteiger partial charge >= 0.3 is 12.1 Å². The van der Waals surface area contributed by atoms with Crippen LogP contribution in [0.3, 0.4) is 0 Å². The van der Waals surface area contributed by atoms with Crippen LogP contribution in [0.5, 0.6) is 0 Å². The number of nitrogens with one attached hydrogen (secondary N) is 2. The van der Waals surface area contributed by atoms with Gasteiger partial charge in [0, 0.05) is 11.8 Å². The number of sulfone groups is 1. The van der Waals surface area contributed by atoms with Gasteiger partial charge in [0.05, 0.1) is 11.3 Å². The summed E-state index contributed by atoms with van der Waals surface area (Å²) in [5, 5.41) is 25.2. The number of amides is 3. The van der Waals surface area contributed by atoms with Crippen LogP contribution in [0.25, 0.3) is 6.08 Å². The van der Waals surface area contributed by atoms with Crippen molar-refractivity contribution in [3.8, 4) is 0 Å². The molecule has 3 heterocycles. The first-order valence-corrected chi connectivity index (χ1v) is 10.0. The average Bonchev–Trinajstić information content (AvgIpc) is 2.90. The summed E-state index contributed by atoms with van der Waals surface area (Å²) in [6.45, 7) is 0.0656. The summed E-state index contributed by atoms with van der Waals surface area (Å²) in [6.07, 6.45) is 0.869. The van der Waals surface area contributed by atoms with Crippen molar-refractivity contribution in [1.82, 2.24) is 20.8 Å². The van der Waals surface area contributed by atoms with E-state index in [0.717, 1.165) is 18.5 Å². The number of fused-ring (bicyclic) bond motifs is 1. The molecule has 0 spiro atoms. The van der Waals surface area contributed by atoms with Gasteiger partial charge in [0.25, 0.3) is 11.8 Å². The van der Waals surface area contributed by atoms with E-state index in [1.807, 2.05) is 0 Å². The van der Waals surface area contributed by atoms with Crippen molar-refractivity contribution in [3.05, 3.63) is 35.2 Å². The second-order valence-corrected chi connectivity index (χ2v) is 9.33. The van der Waals surface area contributed by atoms with Crippen LogP contribution in [0.15, 0.2) is 23.9 Å². The van der Waals surface area contributed by atoms with Crippen LogP contribution in [-0.2, 0) is 24.2 Å². The summed E-state index contributed by atoms with van der Waals surface area (Å²) in [7, 11) is -4.44. The number of β-lactam (4-membered cyclic amide) rings is 1. The molecule has 14 nitrogen and oxygen atoms in total. The van der Waals surface area contributed by atoms with Crippen molar-refractivity contribution in [3.63, 3.8) is 0 Å². The van der Waals surface area contributed by atoms with Crippen molar-refractivity contribution in [2.45, 2.75) is 23.1 Å². The van der Waals surface area contributed by atoms with Gasteiger partial charge < -0.3 is 14.7 Å². The molecule has 31 heavy (non-hydrogen) atoms. The lowest BCUT2D eigenvalue weighted by atomic mass is 9.94. The summed E-state index contributed by atoms with van der Waals surface area (Å²) < 4.78 is 28.7. The summed E-state index contributed by atoms with van der Waals surface area (Å²) in [5.74, 6) is -3.39. The monoisotopic (exact) mass is 456 g/mol. The Morgan fingerprint density at radius 3 is 2.58 bits per heavy atom. The molecule has 3 amide bonds. The molecular weight excluding hydrogens is 440 g/mol. The molecule has 5 N–H and O–H groups in total. The lowest BCUT2D eigenvalue weighted by molar-refractivity contribution is -0.153. The molecule has 0 radical (unpaired) electrons. The van der Waals surface area contributed by atoms with Gasteiger partial charge in [0.1, 0.15) is 11.4 Å². The number of rotatable bonds is 5. The van der Waals surface area contributed by atoms with Gasteiger partial charge in [-0.25, -0.2) is 29.0 Å². The Hall–Kier alpha value is -3.56. The molecule has 2 aliphatic rings. The number of ether oxygens (including phenoxy) is 1. The molecule has 0 aliphatic carbocycles. The number of carboxylic acid groups (broad SMARTS) is 1. The van der Waals surface area contributed by atoms with Crippen LogP contribution in [-0.4, -0.2) is 80.5 Å². The van der Waals surface area contributed by atoms with Crippen molar-refractivity contribution >= 4 is 39.8 Å². The Morgan fingerprint density at radius 1 is 1.32 bits per heavy atom. The van der Waals surface area contributed by atoms with Crippen LogP contribution >= 0.6 is 0 Å². The first-order chi connectivity index (χ1) is 14.5. The highest BCUT2D eigenvalue weighted by molar-refractivity contribution is 7.94. The molecule has 2 saturated heterocycles. The molecule has 2 fully saturated rings. The van der Waals surface area contributed by atoms with Gasteiger partial charge in [0.15, 0.2) is 21.3 Å². The Morgan fingerprint density at radius 2 is 2.00 bits per heavy atom. The van der Waals surface area contributed by atoms with Crippen molar-refractivity contribution in [2.24, 2.45) is 0 Å². The molecule has 3 rings (SSSR count). The Bertz CT molecular complexity index is 1120. The molecule has 0 aromatic carbocycles. The number of aliphatic carboxylic acids is 1. The van der Waals surface area contributed by atoms with Crippen LogP contribution in [0.1, 0.15) is 23.0 Å². The number of carbonyl (C=O) groups is 4. The highest BCUT2D eigenvalue weighted by atomic mass is 32.2. The molecule has 166 valence electrons. The van der Waals surface area contributed by atoms with E-state index in [4.69, 9.17) is 10.4 Å². The lowest BCUT2D eigenvalue weighted by Gasteiger charge is -2.37. The molecular formula is C16H16N4O10S. The number of hydroxylamine groups is 2. The number of pyridine rings is 1. The van der Waals surface area contributed by atoms with Gasteiger partial charge in [-0.05, 0) is 25.1 Å². The maximum atomic E-state index is 13.2. The minimum Gasteiger partial charge on any atom is -0.480 e. The minimum absolute atomic E-state index is 0.00989. The van der Waals surface area contributed by atoms with E-state index in [2.05, 4.69) is 9.72 Å². The SMILES string of the molecule is C[C@]1(COC(=O)NO)[C@H](C(=O)O)N2C(=O)C(=Cc3cc(C(=O)NO)ccn3)[C@H]2S1(=O)=O. The van der Waals surface area contributed by atoms with E-state index in [-0.39, 0.29) is 16.8 Å². The van der Waals surface area contributed by atoms with Crippen LogP contribution in [0.4, 0.5) is 4.79 Å². The molecule has 0 saturated carbocycles. The second-order valence-electron chi connectivity index (χ2n) is 6.86. The second kappa shape index (κ2) is 7.60. The molecule has 0 unspecified atom stereocenters. The third-order valence-corrected chi connectivity index (χ3v) is 7.77. The van der Waals surface area contributed by atoms with Gasteiger partial charge in [-0.15, -0.1) is 0 Å². The Kier molecular flexibility index (Phi) is 5.43. The predicted octanol–water partition coefficient (Wildman–Crippen LogP) is -1.49. The number of carboxylic acids is 1. The highest BCUT2D eigenvalue weighted by Crippen LogP contribution is 2.49. The summed E-state index contributed by atoms with van der Waals surface area (Å²) >= 11 is 0. The lowest BCUT2D eigenvalue weighted by Crippen LogP contribution is -2.59. The van der Waals surface area contributed by atoms with Crippen molar-refractivity contribution in [1.29, 1.82) is 0 Å². The average molecular weight is 456 g/mol. The van der Waals surface area contributed by atoms with Crippen LogP contribution in [0.2, 0.25) is 0 Å². The largest absolute Gasteiger partial charge is 0.480 e. The molecule has 2 aliphatic heterocycles. The number of hydrogen-bond acceptors (Lipinski definition) is 10. The standard InChI is InChI=1S/C16H16N4O10S/c1-16(6-30-15(25)19-27)10(14(23)24)20-12(22)9(13(20)31(16,28)29)5-8-4-7(2-3-17-8)11(21)18-26/h2-5,10,13,26-27H,6H2,1H3,(H,18,21)(H,19,25)(H,23,24)/t10-,13+,16-/m0/s1. The zero-order valence-corrected chi connectivity index (χ0v) is 16.5. The maximum Gasteiger partial charge on any atom is 0.431 e. The van der Waals surface area contributed by atoms with Crippen LogP contribution < -0.4 is 11.0 Å². The third-order valence-electron chi connectivity index (χ3n) is 5.06. The minimum atomic E-state index is -4.44. The van der Waals surface area contributed by atoms with Gasteiger partial charge in [-0.2, -0.15) is 0 Å². The highest BCUT2D eigenvalue weighted by Gasteiger charge is 2.72. The number of aromatic nitrogens is 1. The fourth-order valence-corrected chi connectivity index (χ4v) is 5.81. The van der Waals surface area contributed by atoms with Gasteiger partial charge in [-0.1, -0.05) is 0 Å².